The lowest BCUT2D eigenvalue weighted by molar-refractivity contribution is -0.143. The van der Waals surface area contributed by atoms with E-state index < -0.39 is 22.0 Å². The number of carbonyl (C=O) groups excluding carboxylic acids is 1. The maximum atomic E-state index is 12.4. The molecule has 0 spiro atoms. The van der Waals surface area contributed by atoms with Gasteiger partial charge in [0.15, 0.2) is 0 Å². The zero-order valence-electron chi connectivity index (χ0n) is 12.4. The molecule has 0 fully saturated rings. The Balaban J connectivity index is 3.16. The van der Waals surface area contributed by atoms with Crippen molar-refractivity contribution in [3.05, 3.63) is 29.3 Å². The van der Waals surface area contributed by atoms with Crippen LogP contribution >= 0.6 is 0 Å². The molecule has 0 aliphatic heterocycles. The summed E-state index contributed by atoms with van der Waals surface area (Å²) in [6.07, 6.45) is 0. The van der Waals surface area contributed by atoms with Gasteiger partial charge in [0.1, 0.15) is 6.04 Å². The van der Waals surface area contributed by atoms with Crippen molar-refractivity contribution in [3.8, 4) is 0 Å². The molecule has 20 heavy (non-hydrogen) atoms. The highest BCUT2D eigenvalue weighted by Gasteiger charge is 2.29. The molecule has 1 rings (SSSR count). The predicted octanol–water partition coefficient (Wildman–Crippen LogP) is 1.78. The molecule has 112 valence electrons. The number of carbonyl (C=O) groups is 1. The standard InChI is InChI=1S/C14H21NO4S/c1-9(2)13(14(16)19-5)15-20(17,18)12-8-10(3)6-7-11(12)4/h6-9,13,15H,1-5H3. The number of benzene rings is 1. The topological polar surface area (TPSA) is 72.5 Å². The third-order valence-corrected chi connectivity index (χ3v) is 4.62. The fourth-order valence-corrected chi connectivity index (χ4v) is 3.47. The van der Waals surface area contributed by atoms with E-state index in [0.29, 0.717) is 5.56 Å². The Morgan fingerprint density at radius 1 is 1.25 bits per heavy atom. The molecule has 0 amide bonds. The number of esters is 1. The van der Waals surface area contributed by atoms with Crippen LogP contribution in [0.1, 0.15) is 25.0 Å². The summed E-state index contributed by atoms with van der Waals surface area (Å²) < 4.78 is 31.9. The number of sulfonamides is 1. The van der Waals surface area contributed by atoms with Crippen LogP contribution in [0.4, 0.5) is 0 Å². The molecule has 0 aromatic heterocycles. The third kappa shape index (κ3) is 3.80. The van der Waals surface area contributed by atoms with E-state index in [-0.39, 0.29) is 10.8 Å². The number of hydrogen-bond acceptors (Lipinski definition) is 4. The van der Waals surface area contributed by atoms with Gasteiger partial charge in [-0.3, -0.25) is 4.79 Å². The largest absolute Gasteiger partial charge is 0.468 e. The normalized spacial score (nSPS) is 13.3. The van der Waals surface area contributed by atoms with Crippen molar-refractivity contribution in [2.75, 3.05) is 7.11 Å². The highest BCUT2D eigenvalue weighted by Crippen LogP contribution is 2.18. The first kappa shape index (κ1) is 16.7. The van der Waals surface area contributed by atoms with Crippen LogP contribution in [0.25, 0.3) is 0 Å². The quantitative estimate of drug-likeness (QED) is 0.841. The Hall–Kier alpha value is -1.40. The first-order chi connectivity index (χ1) is 9.19. The second-order valence-corrected chi connectivity index (χ2v) is 6.82. The molecule has 0 radical (unpaired) electrons. The molecule has 5 nitrogen and oxygen atoms in total. The number of ether oxygens (including phenoxy) is 1. The van der Waals surface area contributed by atoms with Crippen LogP contribution in [-0.4, -0.2) is 27.5 Å². The van der Waals surface area contributed by atoms with E-state index in [1.165, 1.54) is 7.11 Å². The molecule has 1 aromatic rings. The molecule has 1 N–H and O–H groups in total. The second-order valence-electron chi connectivity index (χ2n) is 5.14. The van der Waals surface area contributed by atoms with Crippen LogP contribution in [0, 0.1) is 19.8 Å². The van der Waals surface area contributed by atoms with Crippen molar-refractivity contribution in [2.24, 2.45) is 5.92 Å². The summed E-state index contributed by atoms with van der Waals surface area (Å²) >= 11 is 0. The minimum absolute atomic E-state index is 0.187. The molecule has 0 aliphatic rings. The third-order valence-electron chi connectivity index (χ3n) is 3.04. The second kappa shape index (κ2) is 6.37. The average Bonchev–Trinajstić information content (AvgIpc) is 2.37. The van der Waals surface area contributed by atoms with Gasteiger partial charge in [0.2, 0.25) is 10.0 Å². The summed E-state index contributed by atoms with van der Waals surface area (Å²) in [6.45, 7) is 7.05. The maximum absolute atomic E-state index is 12.4. The van der Waals surface area contributed by atoms with Crippen LogP contribution in [-0.2, 0) is 19.6 Å². The van der Waals surface area contributed by atoms with Gasteiger partial charge in [-0.05, 0) is 37.0 Å². The van der Waals surface area contributed by atoms with E-state index in [0.717, 1.165) is 5.56 Å². The highest BCUT2D eigenvalue weighted by atomic mass is 32.2. The molecule has 0 saturated heterocycles. The number of aryl methyl sites for hydroxylation is 2. The van der Waals surface area contributed by atoms with Gasteiger partial charge in [-0.25, -0.2) is 8.42 Å². The molecular formula is C14H21NO4S. The fourth-order valence-electron chi connectivity index (χ4n) is 1.81. The SMILES string of the molecule is COC(=O)C(NS(=O)(=O)c1cc(C)ccc1C)C(C)C. The Labute approximate surface area is 120 Å². The zero-order chi connectivity index (χ0) is 15.5. The van der Waals surface area contributed by atoms with Gasteiger partial charge in [-0.2, -0.15) is 4.72 Å². The van der Waals surface area contributed by atoms with Gasteiger partial charge in [0.05, 0.1) is 12.0 Å². The Kier molecular flexibility index (Phi) is 5.30. The minimum Gasteiger partial charge on any atom is -0.468 e. The highest BCUT2D eigenvalue weighted by molar-refractivity contribution is 7.89. The molecule has 0 bridgehead atoms. The summed E-state index contributed by atoms with van der Waals surface area (Å²) in [5.74, 6) is -0.795. The van der Waals surface area contributed by atoms with Crippen LogP contribution < -0.4 is 4.72 Å². The van der Waals surface area contributed by atoms with E-state index in [4.69, 9.17) is 0 Å². The lowest BCUT2D eigenvalue weighted by Gasteiger charge is -2.20. The van der Waals surface area contributed by atoms with Crippen LogP contribution in [0.5, 0.6) is 0 Å². The maximum Gasteiger partial charge on any atom is 0.324 e. The van der Waals surface area contributed by atoms with Gasteiger partial charge in [0.25, 0.3) is 0 Å². The number of rotatable bonds is 5. The minimum atomic E-state index is -3.76. The van der Waals surface area contributed by atoms with E-state index in [9.17, 15) is 13.2 Å². The van der Waals surface area contributed by atoms with Crippen molar-refractivity contribution in [2.45, 2.75) is 38.6 Å². The predicted molar refractivity (Wildman–Crippen MR) is 76.9 cm³/mol. The van der Waals surface area contributed by atoms with E-state index in [1.54, 1.807) is 32.9 Å². The molecule has 0 aliphatic carbocycles. The summed E-state index contributed by atoms with van der Waals surface area (Å²) in [4.78, 5) is 11.9. The zero-order valence-corrected chi connectivity index (χ0v) is 13.2. The van der Waals surface area contributed by atoms with Gasteiger partial charge in [-0.15, -0.1) is 0 Å². The Morgan fingerprint density at radius 3 is 2.35 bits per heavy atom. The van der Waals surface area contributed by atoms with Gasteiger partial charge in [0, 0.05) is 0 Å². The van der Waals surface area contributed by atoms with Crippen LogP contribution in [0.3, 0.4) is 0 Å². The lowest BCUT2D eigenvalue weighted by Crippen LogP contribution is -2.45. The van der Waals surface area contributed by atoms with Gasteiger partial charge in [-0.1, -0.05) is 26.0 Å². The smallest absolute Gasteiger partial charge is 0.324 e. The van der Waals surface area contributed by atoms with E-state index in [1.807, 2.05) is 13.0 Å². The van der Waals surface area contributed by atoms with Crippen molar-refractivity contribution in [1.29, 1.82) is 0 Å². The van der Waals surface area contributed by atoms with Gasteiger partial charge < -0.3 is 4.74 Å². The number of nitrogens with one attached hydrogen (secondary N) is 1. The van der Waals surface area contributed by atoms with Gasteiger partial charge >= 0.3 is 5.97 Å². The Morgan fingerprint density at radius 2 is 1.85 bits per heavy atom. The molecule has 6 heteroatoms. The Bertz CT molecular complexity index is 593. The van der Waals surface area contributed by atoms with Crippen molar-refractivity contribution in [3.63, 3.8) is 0 Å². The number of hydrogen-bond donors (Lipinski definition) is 1. The number of methoxy groups -OCH3 is 1. The average molecular weight is 299 g/mol. The molecule has 0 heterocycles. The molecule has 0 saturated carbocycles. The summed E-state index contributed by atoms with van der Waals surface area (Å²) in [5.41, 5.74) is 1.48. The molecule has 1 atom stereocenters. The molecular weight excluding hydrogens is 278 g/mol. The van der Waals surface area contributed by atoms with E-state index in [2.05, 4.69) is 9.46 Å². The van der Waals surface area contributed by atoms with Crippen LogP contribution in [0.2, 0.25) is 0 Å². The van der Waals surface area contributed by atoms with E-state index >= 15 is 0 Å². The fraction of sp³-hybridized carbons (Fsp3) is 0.500. The molecule has 1 aromatic carbocycles. The van der Waals surface area contributed by atoms with Crippen molar-refractivity contribution < 1.29 is 17.9 Å². The first-order valence-electron chi connectivity index (χ1n) is 6.36. The monoisotopic (exact) mass is 299 g/mol. The first-order valence-corrected chi connectivity index (χ1v) is 7.84. The summed E-state index contributed by atoms with van der Waals surface area (Å²) in [7, 11) is -2.52. The molecule has 1 unspecified atom stereocenters. The van der Waals surface area contributed by atoms with Crippen LogP contribution in [0.15, 0.2) is 23.1 Å². The van der Waals surface area contributed by atoms with Crippen molar-refractivity contribution >= 4 is 16.0 Å². The van der Waals surface area contributed by atoms with Crippen molar-refractivity contribution in [1.82, 2.24) is 4.72 Å². The summed E-state index contributed by atoms with van der Waals surface area (Å²) in [6, 6.07) is 4.28. The summed E-state index contributed by atoms with van der Waals surface area (Å²) in [5, 5.41) is 0. The lowest BCUT2D eigenvalue weighted by atomic mass is 10.1.